The Morgan fingerprint density at radius 1 is 0.287 bits per heavy atom. The van der Waals surface area contributed by atoms with Crippen LogP contribution >= 0.6 is 0 Å². The summed E-state index contributed by atoms with van der Waals surface area (Å²) in [6.45, 7) is 24.4. The van der Waals surface area contributed by atoms with Gasteiger partial charge >= 0.3 is 36.5 Å². The molecule has 0 saturated heterocycles. The molecule has 0 saturated carbocycles. The molecule has 35 heteroatoms. The highest BCUT2D eigenvalue weighted by molar-refractivity contribution is 6.04. The van der Waals surface area contributed by atoms with Crippen molar-refractivity contribution >= 4 is 134 Å². The number of aryl methyl sites for hydroxylation is 13. The maximum Gasteiger partial charge on any atom is 0.418 e. The molecule has 25 nitrogen and oxygen atoms in total. The molecule has 0 aliphatic rings. The van der Waals surface area contributed by atoms with E-state index in [9.17, 15) is 45.5 Å². The molecule has 20 aromatic rings. The molecule has 0 radical (unpaired) electrons. The standard InChI is InChI=1S/2C27H20F4N4O2.C27H23FN4O3.C27H23FN4O2/c1-14-10-19-21(11-15(14)2)32-13-33-25(19)37-23-9-8-22-20(24(23)28)12-16(3)35(22)26(36)34-18-6-4-17(5-7-18)27(29,30)31;1-14-10-17-21(11-15(14)2)32-13-33-25(17)37-23-9-8-22-18(24(23)28)12-16(3)35(22)26(36)34-20-7-5-4-6-19(20)27(29,30)31;1-15-11-20-22(12-16(15)2)29-14-30-26(20)35-24-10-9-23-21(25(24)28)13-17(3)32(23)27(33)31-18-5-7-19(34-4)8-6-18;1-15-6-5-7-19(10-15)31-27(33)32-18(4)13-21-23(32)8-9-24(25(21)28)34-26-20-11-16(2)17(3)12-22(20)29-14-30-26/h2*4-13H,1-3H3,(H,34,36);5-14H,1-4H3,(H,31,33);5-14H,1-4H3,(H,31,33). The topological polar surface area (TPSA) is 285 Å². The number of alkyl halides is 6. The molecule has 0 aliphatic carbocycles. The van der Waals surface area contributed by atoms with E-state index in [0.717, 1.165) is 102 Å². The quantitative estimate of drug-likeness (QED) is 0.0780. The van der Waals surface area contributed by atoms with Crippen molar-refractivity contribution in [1.29, 1.82) is 0 Å². The van der Waals surface area contributed by atoms with Crippen molar-refractivity contribution in [1.82, 2.24) is 58.1 Å². The average molecular weight is 1940 g/mol. The fraction of sp³-hybridized carbons (Fsp3) is 0.148. The number of benzene rings is 12. The third-order valence-corrected chi connectivity index (χ3v) is 24.3. The molecule has 0 atom stereocenters. The summed E-state index contributed by atoms with van der Waals surface area (Å²) >= 11 is 0. The predicted octanol–water partition coefficient (Wildman–Crippen LogP) is 28.4. The van der Waals surface area contributed by atoms with Crippen molar-refractivity contribution in [2.75, 3.05) is 28.4 Å². The van der Waals surface area contributed by atoms with E-state index in [-0.39, 0.29) is 85.4 Å². The van der Waals surface area contributed by atoms with Gasteiger partial charge in [0.2, 0.25) is 23.5 Å². The minimum Gasteiger partial charge on any atom is -0.497 e. The fourth-order valence-electron chi connectivity index (χ4n) is 16.4. The number of ether oxygens (including phenoxy) is 5. The number of halogens is 10. The Morgan fingerprint density at radius 2 is 0.580 bits per heavy atom. The minimum absolute atomic E-state index is 0.0171. The summed E-state index contributed by atoms with van der Waals surface area (Å²) in [4.78, 5) is 85.8. The average Bonchev–Trinajstić information content (AvgIpc) is 1.65. The van der Waals surface area contributed by atoms with Crippen LogP contribution in [0, 0.1) is 113 Å². The molecule has 0 fully saturated rings. The van der Waals surface area contributed by atoms with Crippen LogP contribution in [0.2, 0.25) is 0 Å². The van der Waals surface area contributed by atoms with E-state index in [0.29, 0.717) is 88.9 Å². The summed E-state index contributed by atoms with van der Waals surface area (Å²) in [6, 6.07) is 54.5. The van der Waals surface area contributed by atoms with Crippen LogP contribution in [0.4, 0.5) is 85.8 Å². The Balaban J connectivity index is 0.000000131. The number of rotatable bonds is 13. The lowest BCUT2D eigenvalue weighted by atomic mass is 10.1. The number of nitrogens with zero attached hydrogens (tertiary/aromatic N) is 12. The number of fused-ring (bicyclic) bond motifs is 8. The monoisotopic (exact) mass is 1940 g/mol. The zero-order valence-electron chi connectivity index (χ0n) is 78.9. The normalized spacial score (nSPS) is 11.5. The van der Waals surface area contributed by atoms with E-state index in [1.54, 1.807) is 83.3 Å². The van der Waals surface area contributed by atoms with Gasteiger partial charge in [0.15, 0.2) is 46.3 Å². The highest BCUT2D eigenvalue weighted by Gasteiger charge is 2.35. The number of anilines is 4. The van der Waals surface area contributed by atoms with Crippen LogP contribution in [-0.2, 0) is 12.4 Å². The Bertz CT molecular complexity index is 8510. The Labute approximate surface area is 808 Å². The molecule has 4 amide bonds. The van der Waals surface area contributed by atoms with Gasteiger partial charge in [0, 0.05) is 61.4 Å². The van der Waals surface area contributed by atoms with Crippen LogP contribution in [0.5, 0.6) is 52.3 Å². The largest absolute Gasteiger partial charge is 0.497 e. The molecule has 4 N–H and O–H groups in total. The summed E-state index contributed by atoms with van der Waals surface area (Å²) in [5.74, 6) is -1.11. The molecule has 8 heterocycles. The van der Waals surface area contributed by atoms with Crippen molar-refractivity contribution in [2.24, 2.45) is 0 Å². The number of hydrogen-bond acceptors (Lipinski definition) is 17. The zero-order valence-corrected chi connectivity index (χ0v) is 78.9. The fourth-order valence-corrected chi connectivity index (χ4v) is 16.4. The second-order valence-corrected chi connectivity index (χ2v) is 34.1. The first-order chi connectivity index (χ1) is 68.2. The van der Waals surface area contributed by atoms with Crippen LogP contribution in [0.3, 0.4) is 0 Å². The summed E-state index contributed by atoms with van der Waals surface area (Å²) in [5, 5.41) is 14.0. The van der Waals surface area contributed by atoms with Gasteiger partial charge in [-0.3, -0.25) is 18.3 Å². The van der Waals surface area contributed by atoms with Gasteiger partial charge in [-0.15, -0.1) is 0 Å². The van der Waals surface area contributed by atoms with Gasteiger partial charge in [0.25, 0.3) is 0 Å². The van der Waals surface area contributed by atoms with Crippen molar-refractivity contribution in [2.45, 2.75) is 102 Å². The molecule has 8 aromatic heterocycles. The van der Waals surface area contributed by atoms with Gasteiger partial charge < -0.3 is 45.0 Å². The number of amides is 4. The maximum absolute atomic E-state index is 15.5. The van der Waals surface area contributed by atoms with Crippen LogP contribution in [0.1, 0.15) is 84.0 Å². The lowest BCUT2D eigenvalue weighted by Gasteiger charge is -2.15. The third-order valence-electron chi connectivity index (χ3n) is 24.3. The Kier molecular flexibility index (Phi) is 26.7. The number of aromatic nitrogens is 12. The van der Waals surface area contributed by atoms with Gasteiger partial charge in [-0.25, -0.2) is 76.6 Å². The highest BCUT2D eigenvalue weighted by Crippen LogP contribution is 2.43. The second-order valence-electron chi connectivity index (χ2n) is 34.1. The van der Waals surface area contributed by atoms with Gasteiger partial charge in [-0.1, -0.05) is 24.3 Å². The molecule has 0 unspecified atom stereocenters. The third kappa shape index (κ3) is 20.0. The summed E-state index contributed by atoms with van der Waals surface area (Å²) in [7, 11) is 1.57. The number of hydrogen-bond donors (Lipinski definition) is 4. The van der Waals surface area contributed by atoms with Crippen LogP contribution in [-0.4, -0.2) is 89.4 Å². The van der Waals surface area contributed by atoms with Gasteiger partial charge in [0.1, 0.15) is 31.1 Å². The molecule has 0 aliphatic heterocycles. The van der Waals surface area contributed by atoms with E-state index in [4.69, 9.17) is 23.7 Å². The van der Waals surface area contributed by atoms with Gasteiger partial charge in [-0.2, -0.15) is 26.3 Å². The van der Waals surface area contributed by atoms with E-state index >= 15 is 17.6 Å². The number of carbonyl (C=O) groups is 4. The predicted molar refractivity (Wildman–Crippen MR) is 528 cm³/mol. The Morgan fingerprint density at radius 3 is 0.881 bits per heavy atom. The molecule has 0 spiro atoms. The smallest absolute Gasteiger partial charge is 0.418 e. The maximum atomic E-state index is 15.5. The van der Waals surface area contributed by atoms with Crippen LogP contribution in [0.25, 0.3) is 87.2 Å². The molecular weight excluding hydrogens is 1860 g/mol. The first-order valence-electron chi connectivity index (χ1n) is 44.4. The number of methoxy groups -OCH3 is 1. The molecule has 722 valence electrons. The summed E-state index contributed by atoms with van der Waals surface area (Å²) in [5.41, 5.74) is 14.7. The molecule has 12 aromatic carbocycles. The lowest BCUT2D eigenvalue weighted by Crippen LogP contribution is -2.22. The van der Waals surface area contributed by atoms with E-state index in [1.165, 1.54) is 99.7 Å². The van der Waals surface area contributed by atoms with Crippen LogP contribution in [0.15, 0.2) is 244 Å². The SMILES string of the molecule is COc1ccc(NC(=O)n2c(C)cc3c(F)c(Oc4ncnc5cc(C)c(C)cc45)ccc32)cc1.Cc1cc2ncnc(Oc3ccc4c(cc(C)n4C(=O)Nc4ccc(C(F)(F)F)cc4)c3F)c2cc1C.Cc1cc2ncnc(Oc3ccc4c(cc(C)n4C(=O)Nc4ccccc4C(F)(F)F)c3F)c2cc1C.Cc1cccc(NC(=O)n2c(C)cc3c(F)c(Oc4ncnc5cc(C)c(C)cc45)ccc32)c1. The number of nitrogens with one attached hydrogen (secondary N) is 4. The molecule has 0 bridgehead atoms. The highest BCUT2D eigenvalue weighted by atomic mass is 19.4. The van der Waals surface area contributed by atoms with Crippen molar-refractivity contribution in [3.05, 3.63) is 351 Å². The van der Waals surface area contributed by atoms with E-state index in [1.807, 2.05) is 135 Å². The van der Waals surface area contributed by atoms with Crippen molar-refractivity contribution in [3.8, 4) is 52.3 Å². The second kappa shape index (κ2) is 39.3. The van der Waals surface area contributed by atoms with Crippen molar-refractivity contribution < 1.29 is 86.8 Å². The number of para-hydroxylation sites is 1. The Hall–Kier alpha value is -17.7. The van der Waals surface area contributed by atoms with Crippen molar-refractivity contribution in [3.63, 3.8) is 0 Å². The molecule has 143 heavy (non-hydrogen) atoms. The summed E-state index contributed by atoms with van der Waals surface area (Å²) in [6.07, 6.45) is -3.67. The molecular formula is C108H86F10N16O9. The minimum atomic E-state index is -4.65. The first kappa shape index (κ1) is 97.0. The lowest BCUT2D eigenvalue weighted by molar-refractivity contribution is -0.138. The van der Waals surface area contributed by atoms with Crippen LogP contribution < -0.4 is 45.0 Å². The van der Waals surface area contributed by atoms with E-state index < -0.39 is 70.5 Å². The first-order valence-corrected chi connectivity index (χ1v) is 44.4. The van der Waals surface area contributed by atoms with E-state index in [2.05, 4.69) is 61.1 Å². The molecule has 20 rings (SSSR count). The zero-order chi connectivity index (χ0) is 102. The number of carbonyl (C=O) groups excluding carboxylic acids is 4. The van der Waals surface area contributed by atoms with Gasteiger partial charge in [-0.05, 0) is 334 Å². The van der Waals surface area contributed by atoms with Gasteiger partial charge in [0.05, 0.1) is 89.6 Å². The summed E-state index contributed by atoms with van der Waals surface area (Å²) < 4.78 is 174.